The minimum atomic E-state index is -0.603. The van der Waals surface area contributed by atoms with Crippen LogP contribution in [-0.4, -0.2) is 35.3 Å². The Labute approximate surface area is 120 Å². The first-order chi connectivity index (χ1) is 9.47. The number of nitrogens with one attached hydrogen (secondary N) is 1. The molecule has 0 spiro atoms. The van der Waals surface area contributed by atoms with E-state index in [1.54, 1.807) is 13.8 Å². The fourth-order valence-corrected chi connectivity index (χ4v) is 1.91. The lowest BCUT2D eigenvalue weighted by molar-refractivity contribution is -0.138. The number of hydrogen-bond donors (Lipinski definition) is 2. The number of amides is 2. The van der Waals surface area contributed by atoms with E-state index in [-0.39, 0.29) is 11.8 Å². The van der Waals surface area contributed by atoms with Crippen molar-refractivity contribution in [3.63, 3.8) is 0 Å². The van der Waals surface area contributed by atoms with E-state index in [9.17, 15) is 9.59 Å². The lowest BCUT2D eigenvalue weighted by Crippen LogP contribution is -2.51. The molecule has 0 bridgehead atoms. The zero-order valence-corrected chi connectivity index (χ0v) is 12.3. The summed E-state index contributed by atoms with van der Waals surface area (Å²) >= 11 is 0. The summed E-state index contributed by atoms with van der Waals surface area (Å²) in [6, 6.07) is 8.03. The molecular formula is C15H23N3O2. The van der Waals surface area contributed by atoms with Crippen LogP contribution in [0.5, 0.6) is 0 Å². The average molecular weight is 277 g/mol. The molecule has 2 atom stereocenters. The molecule has 0 aliphatic rings. The first kappa shape index (κ1) is 16.2. The predicted molar refractivity (Wildman–Crippen MR) is 80.2 cm³/mol. The number of para-hydroxylation sites is 1. The highest BCUT2D eigenvalue weighted by Crippen LogP contribution is 2.09. The normalized spacial score (nSPS) is 13.4. The van der Waals surface area contributed by atoms with Gasteiger partial charge in [0, 0.05) is 12.2 Å². The van der Waals surface area contributed by atoms with Crippen molar-refractivity contribution in [3.8, 4) is 0 Å². The van der Waals surface area contributed by atoms with Gasteiger partial charge in [0.15, 0.2) is 0 Å². The summed E-state index contributed by atoms with van der Waals surface area (Å²) in [7, 11) is 0. The van der Waals surface area contributed by atoms with Crippen molar-refractivity contribution in [2.45, 2.75) is 39.3 Å². The maximum atomic E-state index is 12.2. The van der Waals surface area contributed by atoms with Crippen LogP contribution in [0.4, 0.5) is 5.69 Å². The summed E-state index contributed by atoms with van der Waals surface area (Å²) < 4.78 is 0. The fourth-order valence-electron chi connectivity index (χ4n) is 1.91. The Balaban J connectivity index is 2.76. The summed E-state index contributed by atoms with van der Waals surface area (Å²) in [4.78, 5) is 25.8. The van der Waals surface area contributed by atoms with Gasteiger partial charge in [0.05, 0.1) is 6.04 Å². The van der Waals surface area contributed by atoms with E-state index in [1.165, 1.54) is 4.90 Å². The molecule has 110 valence electrons. The van der Waals surface area contributed by atoms with Crippen molar-refractivity contribution < 1.29 is 9.59 Å². The highest BCUT2D eigenvalue weighted by atomic mass is 16.2. The Hall–Kier alpha value is -1.88. The van der Waals surface area contributed by atoms with Crippen LogP contribution < -0.4 is 11.1 Å². The van der Waals surface area contributed by atoms with Crippen LogP contribution in [0.1, 0.15) is 27.2 Å². The van der Waals surface area contributed by atoms with Gasteiger partial charge in [-0.25, -0.2) is 0 Å². The molecule has 20 heavy (non-hydrogen) atoms. The Kier molecular flexibility index (Phi) is 6.18. The van der Waals surface area contributed by atoms with E-state index in [0.717, 1.165) is 6.42 Å². The SMILES string of the molecule is CCCN(C(=O)[C@H](C)N)C(C)C(=O)Nc1ccccc1. The highest BCUT2D eigenvalue weighted by molar-refractivity contribution is 5.97. The molecule has 0 aliphatic carbocycles. The van der Waals surface area contributed by atoms with Gasteiger partial charge in [0.1, 0.15) is 6.04 Å². The second kappa shape index (κ2) is 7.65. The summed E-state index contributed by atoms with van der Waals surface area (Å²) in [6.45, 7) is 5.83. The third-order valence-electron chi connectivity index (χ3n) is 3.03. The molecule has 1 aromatic rings. The summed E-state index contributed by atoms with van der Waals surface area (Å²) in [5.74, 6) is -0.416. The Bertz CT molecular complexity index is 446. The molecular weight excluding hydrogens is 254 g/mol. The molecule has 0 saturated heterocycles. The molecule has 0 radical (unpaired) electrons. The number of rotatable bonds is 6. The molecule has 5 heteroatoms. The maximum Gasteiger partial charge on any atom is 0.246 e. The zero-order chi connectivity index (χ0) is 15.1. The quantitative estimate of drug-likeness (QED) is 0.829. The number of carbonyl (C=O) groups is 2. The minimum Gasteiger partial charge on any atom is -0.330 e. The number of benzene rings is 1. The number of nitrogens with two attached hydrogens (primary N) is 1. The third-order valence-corrected chi connectivity index (χ3v) is 3.03. The highest BCUT2D eigenvalue weighted by Gasteiger charge is 2.26. The molecule has 0 heterocycles. The summed E-state index contributed by atoms with van der Waals surface area (Å²) in [5.41, 5.74) is 6.35. The van der Waals surface area contributed by atoms with Crippen LogP contribution in [0, 0.1) is 0 Å². The minimum absolute atomic E-state index is 0.206. The fraction of sp³-hybridized carbons (Fsp3) is 0.467. The summed E-state index contributed by atoms with van der Waals surface area (Å²) in [5, 5.41) is 2.80. The van der Waals surface area contributed by atoms with Crippen LogP contribution in [0.15, 0.2) is 30.3 Å². The van der Waals surface area contributed by atoms with E-state index in [0.29, 0.717) is 12.2 Å². The molecule has 0 aliphatic heterocycles. The first-order valence-electron chi connectivity index (χ1n) is 6.89. The van der Waals surface area contributed by atoms with E-state index < -0.39 is 12.1 Å². The van der Waals surface area contributed by atoms with E-state index >= 15 is 0 Å². The number of carbonyl (C=O) groups excluding carboxylic acids is 2. The van der Waals surface area contributed by atoms with E-state index in [1.807, 2.05) is 37.3 Å². The zero-order valence-electron chi connectivity index (χ0n) is 12.3. The van der Waals surface area contributed by atoms with Gasteiger partial charge in [0.25, 0.3) is 0 Å². The van der Waals surface area contributed by atoms with Gasteiger partial charge >= 0.3 is 0 Å². The number of anilines is 1. The van der Waals surface area contributed by atoms with Gasteiger partial charge in [-0.05, 0) is 32.4 Å². The number of hydrogen-bond acceptors (Lipinski definition) is 3. The van der Waals surface area contributed by atoms with Crippen molar-refractivity contribution in [2.75, 3.05) is 11.9 Å². The van der Waals surface area contributed by atoms with Crippen molar-refractivity contribution in [1.29, 1.82) is 0 Å². The Morgan fingerprint density at radius 3 is 2.35 bits per heavy atom. The third kappa shape index (κ3) is 4.35. The van der Waals surface area contributed by atoms with Crippen LogP contribution in [0.3, 0.4) is 0 Å². The van der Waals surface area contributed by atoms with Crippen LogP contribution in [0.2, 0.25) is 0 Å². The Morgan fingerprint density at radius 1 is 1.25 bits per heavy atom. The van der Waals surface area contributed by atoms with Gasteiger partial charge < -0.3 is 16.0 Å². The van der Waals surface area contributed by atoms with Crippen LogP contribution in [0.25, 0.3) is 0 Å². The van der Waals surface area contributed by atoms with Crippen molar-refractivity contribution in [1.82, 2.24) is 4.90 Å². The molecule has 5 nitrogen and oxygen atoms in total. The van der Waals surface area contributed by atoms with Crippen LogP contribution in [-0.2, 0) is 9.59 Å². The molecule has 0 aromatic heterocycles. The smallest absolute Gasteiger partial charge is 0.246 e. The summed E-state index contributed by atoms with van der Waals surface area (Å²) in [6.07, 6.45) is 0.779. The first-order valence-corrected chi connectivity index (χ1v) is 6.89. The molecule has 3 N–H and O–H groups in total. The Morgan fingerprint density at radius 2 is 1.85 bits per heavy atom. The van der Waals surface area contributed by atoms with Gasteiger partial charge in [0.2, 0.25) is 11.8 Å². The second-order valence-electron chi connectivity index (χ2n) is 4.85. The maximum absolute atomic E-state index is 12.2. The average Bonchev–Trinajstić information content (AvgIpc) is 2.44. The molecule has 2 amide bonds. The van der Waals surface area contributed by atoms with Crippen LogP contribution >= 0.6 is 0 Å². The molecule has 1 unspecified atom stereocenters. The largest absolute Gasteiger partial charge is 0.330 e. The van der Waals surface area contributed by atoms with E-state index in [4.69, 9.17) is 5.73 Å². The van der Waals surface area contributed by atoms with Crippen molar-refractivity contribution >= 4 is 17.5 Å². The lowest BCUT2D eigenvalue weighted by Gasteiger charge is -2.29. The number of nitrogens with zero attached hydrogens (tertiary/aromatic N) is 1. The molecule has 1 rings (SSSR count). The van der Waals surface area contributed by atoms with Gasteiger partial charge in [-0.15, -0.1) is 0 Å². The second-order valence-corrected chi connectivity index (χ2v) is 4.85. The standard InChI is InChI=1S/C15H23N3O2/c1-4-10-18(15(20)11(2)16)12(3)14(19)17-13-8-6-5-7-9-13/h5-9,11-12H,4,10,16H2,1-3H3,(H,17,19)/t11-,12?/m0/s1. The van der Waals surface area contributed by atoms with Gasteiger partial charge in [-0.3, -0.25) is 9.59 Å². The molecule has 0 fully saturated rings. The van der Waals surface area contributed by atoms with Crippen molar-refractivity contribution in [3.05, 3.63) is 30.3 Å². The van der Waals surface area contributed by atoms with Gasteiger partial charge in [-0.1, -0.05) is 25.1 Å². The monoisotopic (exact) mass is 277 g/mol. The molecule has 1 aromatic carbocycles. The van der Waals surface area contributed by atoms with Gasteiger partial charge in [-0.2, -0.15) is 0 Å². The topological polar surface area (TPSA) is 75.4 Å². The lowest BCUT2D eigenvalue weighted by atomic mass is 10.2. The van der Waals surface area contributed by atoms with Crippen molar-refractivity contribution in [2.24, 2.45) is 5.73 Å². The predicted octanol–water partition coefficient (Wildman–Crippen LogP) is 1.60. The molecule has 0 saturated carbocycles. The van der Waals surface area contributed by atoms with E-state index in [2.05, 4.69) is 5.32 Å².